The van der Waals surface area contributed by atoms with Crippen LogP contribution in [0.15, 0.2) is 47.5 Å². The van der Waals surface area contributed by atoms with E-state index in [0.29, 0.717) is 25.4 Å². The van der Waals surface area contributed by atoms with E-state index in [1.165, 1.54) is 11.1 Å². The fourth-order valence-corrected chi connectivity index (χ4v) is 2.45. The van der Waals surface area contributed by atoms with Crippen LogP contribution in [0.5, 0.6) is 11.5 Å². The Bertz CT molecular complexity index is 714. The fraction of sp³-hybridized carbons (Fsp3) is 0.350. The first-order chi connectivity index (χ1) is 12.1. The van der Waals surface area contributed by atoms with Crippen molar-refractivity contribution in [1.82, 2.24) is 10.6 Å². The van der Waals surface area contributed by atoms with Gasteiger partial charge in [-0.05, 0) is 44.0 Å². The van der Waals surface area contributed by atoms with Crippen molar-refractivity contribution in [1.29, 1.82) is 0 Å². The van der Waals surface area contributed by atoms with Gasteiger partial charge in [-0.15, -0.1) is 0 Å². The van der Waals surface area contributed by atoms with Gasteiger partial charge >= 0.3 is 0 Å². The molecule has 0 unspecified atom stereocenters. The highest BCUT2D eigenvalue weighted by atomic mass is 16.5. The predicted molar refractivity (Wildman–Crippen MR) is 102 cm³/mol. The largest absolute Gasteiger partial charge is 0.504 e. The molecule has 0 aromatic heterocycles. The lowest BCUT2D eigenvalue weighted by atomic mass is 10.1. The summed E-state index contributed by atoms with van der Waals surface area (Å²) >= 11 is 0. The lowest BCUT2D eigenvalue weighted by Gasteiger charge is -2.13. The number of rotatable bonds is 7. The maximum Gasteiger partial charge on any atom is 0.191 e. The summed E-state index contributed by atoms with van der Waals surface area (Å²) in [4.78, 5) is 4.63. The maximum atomic E-state index is 9.78. The van der Waals surface area contributed by atoms with Crippen molar-refractivity contribution in [2.24, 2.45) is 4.99 Å². The van der Waals surface area contributed by atoms with Gasteiger partial charge in [0, 0.05) is 13.1 Å². The molecule has 0 radical (unpaired) electrons. The van der Waals surface area contributed by atoms with E-state index in [-0.39, 0.29) is 5.75 Å². The monoisotopic (exact) mass is 341 g/mol. The highest BCUT2D eigenvalue weighted by molar-refractivity contribution is 5.79. The molecule has 0 saturated heterocycles. The normalized spacial score (nSPS) is 11.2. The standard InChI is InChI=1S/C20H27N3O2/c1-4-21-20(22-13-16-8-6-7-15(3)11-16)23-14-17-9-10-18(24)19(12-17)25-5-2/h6-12,24H,4-5,13-14H2,1-3H3,(H2,21,22,23). The Morgan fingerprint density at radius 3 is 2.64 bits per heavy atom. The number of phenolic OH excluding ortho intramolecular Hbond substituents is 1. The van der Waals surface area contributed by atoms with Gasteiger partial charge in [-0.3, -0.25) is 0 Å². The number of guanidine groups is 1. The number of hydrogen-bond donors (Lipinski definition) is 3. The van der Waals surface area contributed by atoms with E-state index >= 15 is 0 Å². The number of benzene rings is 2. The SMILES string of the molecule is CCNC(=NCc1cccc(C)c1)NCc1ccc(O)c(OCC)c1. The number of nitrogens with zero attached hydrogens (tertiary/aromatic N) is 1. The zero-order chi connectivity index (χ0) is 18.1. The second-order valence-corrected chi connectivity index (χ2v) is 5.77. The van der Waals surface area contributed by atoms with Crippen LogP contribution in [0.4, 0.5) is 0 Å². The van der Waals surface area contributed by atoms with Crippen LogP contribution >= 0.6 is 0 Å². The van der Waals surface area contributed by atoms with Crippen LogP contribution in [-0.2, 0) is 13.1 Å². The van der Waals surface area contributed by atoms with E-state index in [4.69, 9.17) is 4.74 Å². The van der Waals surface area contributed by atoms with Gasteiger partial charge in [-0.25, -0.2) is 4.99 Å². The molecule has 0 aliphatic rings. The average Bonchev–Trinajstić information content (AvgIpc) is 2.60. The van der Waals surface area contributed by atoms with Crippen molar-refractivity contribution in [3.8, 4) is 11.5 Å². The van der Waals surface area contributed by atoms with Gasteiger partial charge in [0.1, 0.15) is 0 Å². The third-order valence-electron chi connectivity index (χ3n) is 3.63. The molecule has 2 aromatic rings. The molecule has 2 rings (SSSR count). The Hall–Kier alpha value is -2.69. The molecule has 0 spiro atoms. The lowest BCUT2D eigenvalue weighted by Crippen LogP contribution is -2.36. The molecule has 0 saturated carbocycles. The minimum absolute atomic E-state index is 0.158. The van der Waals surface area contributed by atoms with Gasteiger partial charge in [-0.1, -0.05) is 35.9 Å². The molecule has 0 amide bonds. The topological polar surface area (TPSA) is 65.9 Å². The summed E-state index contributed by atoms with van der Waals surface area (Å²) in [7, 11) is 0. The van der Waals surface area contributed by atoms with Gasteiger partial charge < -0.3 is 20.5 Å². The van der Waals surface area contributed by atoms with Gasteiger partial charge in [0.15, 0.2) is 17.5 Å². The molecule has 5 heteroatoms. The zero-order valence-corrected chi connectivity index (χ0v) is 15.2. The molecule has 0 fully saturated rings. The third-order valence-corrected chi connectivity index (χ3v) is 3.63. The first-order valence-corrected chi connectivity index (χ1v) is 8.64. The smallest absolute Gasteiger partial charge is 0.191 e. The molecule has 3 N–H and O–H groups in total. The van der Waals surface area contributed by atoms with Crippen LogP contribution in [0.1, 0.15) is 30.5 Å². The number of ether oxygens (including phenoxy) is 1. The van der Waals surface area contributed by atoms with Crippen LogP contribution in [0.2, 0.25) is 0 Å². The molecule has 2 aromatic carbocycles. The van der Waals surface area contributed by atoms with Crippen molar-refractivity contribution >= 4 is 5.96 Å². The Morgan fingerprint density at radius 2 is 1.92 bits per heavy atom. The van der Waals surface area contributed by atoms with E-state index in [0.717, 1.165) is 18.1 Å². The zero-order valence-electron chi connectivity index (χ0n) is 15.2. The van der Waals surface area contributed by atoms with Gasteiger partial charge in [0.25, 0.3) is 0 Å². The number of aliphatic imine (C=N–C) groups is 1. The maximum absolute atomic E-state index is 9.78. The molecule has 0 aliphatic heterocycles. The van der Waals surface area contributed by atoms with Gasteiger partial charge in [-0.2, -0.15) is 0 Å². The average molecular weight is 341 g/mol. The van der Waals surface area contributed by atoms with E-state index in [9.17, 15) is 5.11 Å². The number of hydrogen-bond acceptors (Lipinski definition) is 3. The minimum atomic E-state index is 0.158. The number of phenols is 1. The minimum Gasteiger partial charge on any atom is -0.504 e. The molecule has 134 valence electrons. The number of nitrogens with one attached hydrogen (secondary N) is 2. The predicted octanol–water partition coefficient (Wildman–Crippen LogP) is 3.35. The fourth-order valence-electron chi connectivity index (χ4n) is 2.45. The van der Waals surface area contributed by atoms with E-state index in [1.807, 2.05) is 32.0 Å². The Labute approximate surface area is 149 Å². The first-order valence-electron chi connectivity index (χ1n) is 8.64. The number of aryl methyl sites for hydroxylation is 1. The Kier molecular flexibility index (Phi) is 7.14. The second-order valence-electron chi connectivity index (χ2n) is 5.77. The van der Waals surface area contributed by atoms with E-state index in [2.05, 4.69) is 40.7 Å². The van der Waals surface area contributed by atoms with Crippen molar-refractivity contribution in [2.45, 2.75) is 33.9 Å². The molecule has 0 bridgehead atoms. The second kappa shape index (κ2) is 9.57. The quantitative estimate of drug-likeness (QED) is 0.534. The van der Waals surface area contributed by atoms with Crippen molar-refractivity contribution < 1.29 is 9.84 Å². The molecular formula is C20H27N3O2. The molecular weight excluding hydrogens is 314 g/mol. The third kappa shape index (κ3) is 6.03. The van der Waals surface area contributed by atoms with Gasteiger partial charge in [0.05, 0.1) is 13.2 Å². The molecule has 0 aliphatic carbocycles. The van der Waals surface area contributed by atoms with Crippen LogP contribution in [0.25, 0.3) is 0 Å². The summed E-state index contributed by atoms with van der Waals surface area (Å²) < 4.78 is 5.42. The van der Waals surface area contributed by atoms with E-state index < -0.39 is 0 Å². The molecule has 0 atom stereocenters. The summed E-state index contributed by atoms with van der Waals surface area (Å²) in [6.45, 7) is 8.54. The summed E-state index contributed by atoms with van der Waals surface area (Å²) in [5, 5.41) is 16.3. The lowest BCUT2D eigenvalue weighted by molar-refractivity contribution is 0.317. The Morgan fingerprint density at radius 1 is 1.08 bits per heavy atom. The number of aromatic hydroxyl groups is 1. The molecule has 0 heterocycles. The first kappa shape index (κ1) is 18.6. The summed E-state index contributed by atoms with van der Waals surface area (Å²) in [5.41, 5.74) is 3.43. The highest BCUT2D eigenvalue weighted by Gasteiger charge is 2.04. The van der Waals surface area contributed by atoms with Gasteiger partial charge in [0.2, 0.25) is 0 Å². The summed E-state index contributed by atoms with van der Waals surface area (Å²) in [6, 6.07) is 13.7. The highest BCUT2D eigenvalue weighted by Crippen LogP contribution is 2.26. The van der Waals surface area contributed by atoms with Crippen LogP contribution in [0.3, 0.4) is 0 Å². The van der Waals surface area contributed by atoms with E-state index in [1.54, 1.807) is 6.07 Å². The molecule has 5 nitrogen and oxygen atoms in total. The van der Waals surface area contributed by atoms with Crippen molar-refractivity contribution in [2.75, 3.05) is 13.2 Å². The van der Waals surface area contributed by atoms with Crippen LogP contribution in [0, 0.1) is 6.92 Å². The Balaban J connectivity index is 2.01. The molecule has 25 heavy (non-hydrogen) atoms. The van der Waals surface area contributed by atoms with Crippen LogP contribution < -0.4 is 15.4 Å². The van der Waals surface area contributed by atoms with Crippen LogP contribution in [-0.4, -0.2) is 24.2 Å². The van der Waals surface area contributed by atoms with Crippen molar-refractivity contribution in [3.63, 3.8) is 0 Å². The summed E-state index contributed by atoms with van der Waals surface area (Å²) in [6.07, 6.45) is 0. The summed E-state index contributed by atoms with van der Waals surface area (Å²) in [5.74, 6) is 1.42. The van der Waals surface area contributed by atoms with Crippen molar-refractivity contribution in [3.05, 3.63) is 59.2 Å².